The first kappa shape index (κ1) is 22.7. The Morgan fingerprint density at radius 3 is 2.70 bits per heavy atom. The highest BCUT2D eigenvalue weighted by Gasteiger charge is 2.31. The Morgan fingerprint density at radius 2 is 2.00 bits per heavy atom. The van der Waals surface area contributed by atoms with Crippen molar-refractivity contribution in [1.82, 2.24) is 15.1 Å². The molecule has 1 heterocycles. The molecule has 1 fully saturated rings. The number of aliphatic hydroxyl groups is 2. The van der Waals surface area contributed by atoms with E-state index in [2.05, 4.69) is 41.2 Å². The molecule has 1 atom stereocenters. The number of aromatic nitrogens is 2. The zero-order chi connectivity index (χ0) is 21.3. The second kappa shape index (κ2) is 11.5. The van der Waals surface area contributed by atoms with Gasteiger partial charge in [-0.2, -0.15) is 5.10 Å². The Balaban J connectivity index is 1.45. The summed E-state index contributed by atoms with van der Waals surface area (Å²) in [4.78, 5) is 2.33. The van der Waals surface area contributed by atoms with E-state index in [9.17, 15) is 5.11 Å². The van der Waals surface area contributed by atoms with Crippen LogP contribution < -0.4 is 4.74 Å². The van der Waals surface area contributed by atoms with E-state index < -0.39 is 6.10 Å². The molecule has 0 radical (unpaired) electrons. The van der Waals surface area contributed by atoms with E-state index in [0.717, 1.165) is 42.9 Å². The Morgan fingerprint density at radius 1 is 1.23 bits per heavy atom. The lowest BCUT2D eigenvalue weighted by Crippen LogP contribution is -2.40. The molecule has 1 aliphatic rings. The Bertz CT molecular complexity index is 743. The maximum atomic E-state index is 9.33. The highest BCUT2D eigenvalue weighted by molar-refractivity contribution is 5.63. The van der Waals surface area contributed by atoms with Gasteiger partial charge in [-0.1, -0.05) is 13.3 Å². The molecule has 7 heteroatoms. The number of aromatic amines is 1. The molecule has 166 valence electrons. The number of rotatable bonds is 13. The monoisotopic (exact) mass is 417 g/mol. The van der Waals surface area contributed by atoms with Gasteiger partial charge in [0.1, 0.15) is 11.9 Å². The minimum absolute atomic E-state index is 0.165. The zero-order valence-corrected chi connectivity index (χ0v) is 18.1. The van der Waals surface area contributed by atoms with Gasteiger partial charge in [0.15, 0.2) is 0 Å². The van der Waals surface area contributed by atoms with Crippen LogP contribution in [0.1, 0.15) is 44.6 Å². The average Bonchev–Trinajstić information content (AvgIpc) is 3.18. The molecule has 1 saturated carbocycles. The van der Waals surface area contributed by atoms with Gasteiger partial charge in [-0.15, -0.1) is 0 Å². The van der Waals surface area contributed by atoms with Gasteiger partial charge in [-0.05, 0) is 50.7 Å². The lowest BCUT2D eigenvalue weighted by molar-refractivity contribution is -0.0696. The first-order chi connectivity index (χ1) is 14.6. The van der Waals surface area contributed by atoms with Gasteiger partial charge in [-0.3, -0.25) is 5.10 Å². The number of unbranched alkanes of at least 4 members (excludes halogenated alkanes) is 1. The molecule has 1 aliphatic carbocycles. The number of aliphatic hydroxyl groups excluding tert-OH is 2. The number of benzene rings is 1. The summed E-state index contributed by atoms with van der Waals surface area (Å²) in [5, 5.41) is 25.5. The minimum Gasteiger partial charge on any atom is -0.490 e. The average molecular weight is 418 g/mol. The van der Waals surface area contributed by atoms with Crippen LogP contribution in [0, 0.1) is 0 Å². The summed E-state index contributed by atoms with van der Waals surface area (Å²) in [5.74, 6) is 0.860. The predicted octanol–water partition coefficient (Wildman–Crippen LogP) is 2.98. The van der Waals surface area contributed by atoms with Crippen molar-refractivity contribution in [1.29, 1.82) is 0 Å². The van der Waals surface area contributed by atoms with Crippen molar-refractivity contribution in [2.45, 2.75) is 63.9 Å². The number of hydrogen-bond donors (Lipinski definition) is 3. The lowest BCUT2D eigenvalue weighted by atomic mass is 9.92. The topological polar surface area (TPSA) is 90.8 Å². The quantitative estimate of drug-likeness (QED) is 0.464. The van der Waals surface area contributed by atoms with Crippen molar-refractivity contribution in [3.05, 3.63) is 36.0 Å². The molecule has 1 aromatic carbocycles. The van der Waals surface area contributed by atoms with Gasteiger partial charge < -0.3 is 24.6 Å². The van der Waals surface area contributed by atoms with E-state index in [4.69, 9.17) is 14.6 Å². The van der Waals surface area contributed by atoms with E-state index in [-0.39, 0.29) is 18.8 Å². The number of ether oxygens (including phenoxy) is 2. The molecular weight excluding hydrogens is 382 g/mol. The maximum absolute atomic E-state index is 9.33. The Labute approximate surface area is 179 Å². The van der Waals surface area contributed by atoms with Crippen LogP contribution in [0.15, 0.2) is 30.5 Å². The molecule has 3 N–H and O–H groups in total. The number of nitrogens with zero attached hydrogens (tertiary/aromatic N) is 2. The zero-order valence-electron chi connectivity index (χ0n) is 18.1. The third kappa shape index (κ3) is 6.54. The number of hydrogen-bond acceptors (Lipinski definition) is 6. The molecule has 1 aromatic heterocycles. The smallest absolute Gasteiger partial charge is 0.119 e. The molecule has 0 amide bonds. The molecule has 0 spiro atoms. The van der Waals surface area contributed by atoms with Crippen LogP contribution in [0.3, 0.4) is 0 Å². The van der Waals surface area contributed by atoms with E-state index >= 15 is 0 Å². The van der Waals surface area contributed by atoms with Crippen LogP contribution in [0.4, 0.5) is 0 Å². The molecule has 0 aliphatic heterocycles. The van der Waals surface area contributed by atoms with Gasteiger partial charge in [-0.25, -0.2) is 0 Å². The molecule has 2 aromatic rings. The number of H-pyrrole nitrogens is 1. The van der Waals surface area contributed by atoms with Crippen LogP contribution in [0.25, 0.3) is 11.3 Å². The molecule has 1 unspecified atom stereocenters. The van der Waals surface area contributed by atoms with E-state index in [1.807, 2.05) is 18.3 Å². The molecule has 0 saturated heterocycles. The third-order valence-electron chi connectivity index (χ3n) is 5.56. The summed E-state index contributed by atoms with van der Waals surface area (Å²) >= 11 is 0. The van der Waals surface area contributed by atoms with Crippen LogP contribution in [-0.2, 0) is 11.3 Å². The highest BCUT2D eigenvalue weighted by Crippen LogP contribution is 2.30. The highest BCUT2D eigenvalue weighted by atomic mass is 16.5. The summed E-state index contributed by atoms with van der Waals surface area (Å²) in [6.07, 6.45) is 6.13. The molecule has 7 nitrogen and oxygen atoms in total. The summed E-state index contributed by atoms with van der Waals surface area (Å²) in [5.41, 5.74) is 3.37. The first-order valence-electron chi connectivity index (χ1n) is 11.0. The van der Waals surface area contributed by atoms with Crippen LogP contribution in [0.5, 0.6) is 5.75 Å². The molecule has 30 heavy (non-hydrogen) atoms. The summed E-state index contributed by atoms with van der Waals surface area (Å²) in [6.45, 7) is 4.42. The Kier molecular flexibility index (Phi) is 8.69. The van der Waals surface area contributed by atoms with Crippen molar-refractivity contribution in [2.75, 3.05) is 26.8 Å². The predicted molar refractivity (Wildman–Crippen MR) is 116 cm³/mol. The SMILES string of the molecule is CCCCN(C)Cc1cn[nH]c1-c1ccc(OC2CC(OCCC(O)CO)C2)cc1. The standard InChI is InChI=1S/C23H35N3O4/c1-3-4-10-26(2)15-18-14-24-25-23(18)17-5-7-20(8-6-17)30-22-12-21(13-22)29-11-9-19(28)16-27/h5-8,14,19,21-22,27-28H,3-4,9-13,15-16H2,1-2H3,(H,24,25). The van der Waals surface area contributed by atoms with Crippen LogP contribution in [-0.4, -0.2) is 70.4 Å². The van der Waals surface area contributed by atoms with Crippen LogP contribution >= 0.6 is 0 Å². The molecular formula is C23H35N3O4. The fourth-order valence-electron chi connectivity index (χ4n) is 3.58. The number of nitrogens with one attached hydrogen (secondary N) is 1. The van der Waals surface area contributed by atoms with E-state index in [1.165, 1.54) is 18.4 Å². The first-order valence-corrected chi connectivity index (χ1v) is 11.0. The summed E-state index contributed by atoms with van der Waals surface area (Å²) < 4.78 is 11.7. The van der Waals surface area contributed by atoms with Crippen molar-refractivity contribution < 1.29 is 19.7 Å². The van der Waals surface area contributed by atoms with Gasteiger partial charge in [0.25, 0.3) is 0 Å². The fourth-order valence-corrected chi connectivity index (χ4v) is 3.58. The maximum Gasteiger partial charge on any atom is 0.119 e. The minimum atomic E-state index is -0.692. The van der Waals surface area contributed by atoms with Gasteiger partial charge in [0.2, 0.25) is 0 Å². The largest absolute Gasteiger partial charge is 0.490 e. The van der Waals surface area contributed by atoms with E-state index in [0.29, 0.717) is 13.0 Å². The van der Waals surface area contributed by atoms with Crippen molar-refractivity contribution in [3.63, 3.8) is 0 Å². The summed E-state index contributed by atoms with van der Waals surface area (Å²) in [7, 11) is 2.15. The Hall–Kier alpha value is -1.93. The second-order valence-corrected chi connectivity index (χ2v) is 8.22. The second-order valence-electron chi connectivity index (χ2n) is 8.22. The van der Waals surface area contributed by atoms with Gasteiger partial charge in [0.05, 0.1) is 30.7 Å². The van der Waals surface area contributed by atoms with Crippen molar-refractivity contribution in [3.8, 4) is 17.0 Å². The molecule has 0 bridgehead atoms. The van der Waals surface area contributed by atoms with Gasteiger partial charge in [0, 0.05) is 37.1 Å². The normalized spacial score (nSPS) is 19.6. The summed E-state index contributed by atoms with van der Waals surface area (Å²) in [6, 6.07) is 8.15. The van der Waals surface area contributed by atoms with Gasteiger partial charge >= 0.3 is 0 Å². The lowest BCUT2D eigenvalue weighted by Gasteiger charge is -2.35. The van der Waals surface area contributed by atoms with Crippen molar-refractivity contribution in [2.24, 2.45) is 0 Å². The third-order valence-corrected chi connectivity index (χ3v) is 5.56. The van der Waals surface area contributed by atoms with Crippen LogP contribution in [0.2, 0.25) is 0 Å². The fraction of sp³-hybridized carbons (Fsp3) is 0.609. The van der Waals surface area contributed by atoms with Crippen molar-refractivity contribution >= 4 is 0 Å². The molecule has 3 rings (SSSR count). The van der Waals surface area contributed by atoms with E-state index in [1.54, 1.807) is 0 Å².